The molecule has 0 spiro atoms. The van der Waals surface area contributed by atoms with Crippen molar-refractivity contribution in [3.63, 3.8) is 0 Å². The van der Waals surface area contributed by atoms with E-state index in [0.717, 1.165) is 19.3 Å². The number of hydrogen-bond donors (Lipinski definition) is 1. The summed E-state index contributed by atoms with van der Waals surface area (Å²) in [6, 6.07) is 29.1. The van der Waals surface area contributed by atoms with Crippen molar-refractivity contribution in [3.05, 3.63) is 125 Å². The normalized spacial score (nSPS) is 10.7. The number of nitrogens with zero attached hydrogens (tertiary/aromatic N) is 1. The Morgan fingerprint density at radius 1 is 0.756 bits per heavy atom. The Morgan fingerprint density at radius 2 is 1.37 bits per heavy atom. The predicted octanol–water partition coefficient (Wildman–Crippen LogP) is 6.00. The fourth-order valence-corrected chi connectivity index (χ4v) is 3.73. The van der Waals surface area contributed by atoms with Crippen molar-refractivity contribution in [2.75, 3.05) is 6.61 Å². The fourth-order valence-electron chi connectivity index (χ4n) is 3.73. The summed E-state index contributed by atoms with van der Waals surface area (Å²) in [7, 11) is 0. The van der Waals surface area contributed by atoms with Gasteiger partial charge in [0.2, 0.25) is 0 Å². The lowest BCUT2D eigenvalue weighted by molar-refractivity contribution is -0.123. The molecule has 0 unspecified atom stereocenters. The van der Waals surface area contributed by atoms with Crippen molar-refractivity contribution in [1.82, 2.24) is 5.43 Å². The number of aryl methyl sites for hydroxylation is 1. The van der Waals surface area contributed by atoms with Gasteiger partial charge in [-0.05, 0) is 66.9 Å². The monoisotopic (exact) mass is 550 g/mol. The van der Waals surface area contributed by atoms with E-state index in [0.29, 0.717) is 22.4 Å². The zero-order valence-corrected chi connectivity index (χ0v) is 22.6. The van der Waals surface area contributed by atoms with Crippen LogP contribution in [0, 0.1) is 0 Å². The predicted molar refractivity (Wildman–Crippen MR) is 156 cm³/mol. The van der Waals surface area contributed by atoms with E-state index < -0.39 is 17.8 Å². The third-order valence-corrected chi connectivity index (χ3v) is 5.92. The van der Waals surface area contributed by atoms with Gasteiger partial charge in [0.15, 0.2) is 6.61 Å². The molecule has 41 heavy (non-hydrogen) atoms. The average molecular weight is 551 g/mol. The number of nitrogens with one attached hydrogen (secondary N) is 1. The maximum absolute atomic E-state index is 12.7. The van der Waals surface area contributed by atoms with E-state index in [2.05, 4.69) is 17.5 Å². The van der Waals surface area contributed by atoms with Crippen LogP contribution in [0.4, 0.5) is 0 Å². The van der Waals surface area contributed by atoms with Gasteiger partial charge < -0.3 is 14.2 Å². The molecule has 8 heteroatoms. The van der Waals surface area contributed by atoms with Crippen molar-refractivity contribution >= 4 is 24.1 Å². The summed E-state index contributed by atoms with van der Waals surface area (Å²) in [4.78, 5) is 37.5. The van der Waals surface area contributed by atoms with Gasteiger partial charge in [0, 0.05) is 11.6 Å². The Balaban J connectivity index is 1.41. The molecular weight excluding hydrogens is 520 g/mol. The molecule has 0 bridgehead atoms. The molecule has 0 aliphatic rings. The highest BCUT2D eigenvalue weighted by Gasteiger charge is 2.15. The van der Waals surface area contributed by atoms with Crippen LogP contribution in [0.25, 0.3) is 0 Å². The molecule has 0 fully saturated rings. The molecule has 4 rings (SSSR count). The minimum Gasteiger partial charge on any atom is -0.484 e. The molecule has 4 aromatic carbocycles. The second kappa shape index (κ2) is 14.8. The zero-order chi connectivity index (χ0) is 28.9. The molecule has 1 amide bonds. The molecule has 0 saturated carbocycles. The van der Waals surface area contributed by atoms with E-state index in [1.807, 2.05) is 24.3 Å². The van der Waals surface area contributed by atoms with Gasteiger partial charge >= 0.3 is 11.9 Å². The van der Waals surface area contributed by atoms with Gasteiger partial charge in [0.25, 0.3) is 5.91 Å². The van der Waals surface area contributed by atoms with E-state index in [4.69, 9.17) is 14.2 Å². The maximum Gasteiger partial charge on any atom is 0.343 e. The molecule has 0 aromatic heterocycles. The molecule has 0 saturated heterocycles. The van der Waals surface area contributed by atoms with Crippen molar-refractivity contribution in [3.8, 4) is 17.2 Å². The summed E-state index contributed by atoms with van der Waals surface area (Å²) in [5, 5.41) is 3.98. The first-order valence-electron chi connectivity index (χ1n) is 13.2. The van der Waals surface area contributed by atoms with Crippen LogP contribution in [0.15, 0.2) is 108 Å². The summed E-state index contributed by atoms with van der Waals surface area (Å²) < 4.78 is 16.6. The number of rotatable bonds is 12. The van der Waals surface area contributed by atoms with Gasteiger partial charge in [-0.25, -0.2) is 15.0 Å². The molecule has 4 aromatic rings. The lowest BCUT2D eigenvalue weighted by Crippen LogP contribution is -2.24. The summed E-state index contributed by atoms with van der Waals surface area (Å²) >= 11 is 0. The lowest BCUT2D eigenvalue weighted by atomic mass is 10.1. The standard InChI is InChI=1S/C33H30N2O6/c1-2-3-10-24-15-18-28(19-16-24)39-23-31(36)35-34-22-27-17-20-29(40-32(37)25-11-6-4-7-12-25)21-30(27)41-33(38)26-13-8-5-9-14-26/h4-9,11-22H,2-3,10,23H2,1H3,(H,35,36)/b34-22+. The van der Waals surface area contributed by atoms with E-state index in [1.165, 1.54) is 23.9 Å². The summed E-state index contributed by atoms with van der Waals surface area (Å²) in [6.07, 6.45) is 4.58. The van der Waals surface area contributed by atoms with Crippen molar-refractivity contribution in [2.45, 2.75) is 26.2 Å². The van der Waals surface area contributed by atoms with E-state index in [9.17, 15) is 14.4 Å². The molecule has 1 N–H and O–H groups in total. The molecule has 208 valence electrons. The van der Waals surface area contributed by atoms with Crippen LogP contribution in [0.3, 0.4) is 0 Å². The maximum atomic E-state index is 12.7. The number of carbonyl (C=O) groups excluding carboxylic acids is 3. The van der Waals surface area contributed by atoms with Crippen LogP contribution in [0.1, 0.15) is 51.6 Å². The number of unbranched alkanes of at least 4 members (excludes halogenated alkanes) is 1. The first kappa shape index (κ1) is 28.8. The number of ether oxygens (including phenoxy) is 3. The Hall–Kier alpha value is -5.24. The third-order valence-electron chi connectivity index (χ3n) is 5.92. The van der Waals surface area contributed by atoms with Gasteiger partial charge in [-0.1, -0.05) is 61.9 Å². The smallest absolute Gasteiger partial charge is 0.343 e. The SMILES string of the molecule is CCCCc1ccc(OCC(=O)N/N=C/c2ccc(OC(=O)c3ccccc3)cc2OC(=O)c2ccccc2)cc1. The van der Waals surface area contributed by atoms with Crippen molar-refractivity contribution < 1.29 is 28.6 Å². The minimum absolute atomic E-state index is 0.0922. The van der Waals surface area contributed by atoms with Crippen LogP contribution in [-0.2, 0) is 11.2 Å². The second-order valence-electron chi connectivity index (χ2n) is 9.04. The summed E-state index contributed by atoms with van der Waals surface area (Å²) in [6.45, 7) is 1.92. The molecule has 0 radical (unpaired) electrons. The first-order chi connectivity index (χ1) is 20.0. The largest absolute Gasteiger partial charge is 0.484 e. The molecule has 0 heterocycles. The summed E-state index contributed by atoms with van der Waals surface area (Å²) in [5.74, 6) is -0.785. The van der Waals surface area contributed by atoms with Crippen LogP contribution >= 0.6 is 0 Å². The molecule has 0 atom stereocenters. The highest BCUT2D eigenvalue weighted by molar-refractivity contribution is 5.94. The van der Waals surface area contributed by atoms with Crippen LogP contribution < -0.4 is 19.6 Å². The number of hydrogen-bond acceptors (Lipinski definition) is 7. The number of benzene rings is 4. The fraction of sp³-hybridized carbons (Fsp3) is 0.152. The van der Waals surface area contributed by atoms with E-state index in [-0.39, 0.29) is 18.1 Å². The number of esters is 2. The first-order valence-corrected chi connectivity index (χ1v) is 13.2. The van der Waals surface area contributed by atoms with Gasteiger partial charge in [-0.15, -0.1) is 0 Å². The van der Waals surface area contributed by atoms with Gasteiger partial charge in [0.05, 0.1) is 17.3 Å². The average Bonchev–Trinajstić information content (AvgIpc) is 3.01. The van der Waals surface area contributed by atoms with Gasteiger partial charge in [-0.2, -0.15) is 5.10 Å². The van der Waals surface area contributed by atoms with Gasteiger partial charge in [-0.3, -0.25) is 4.79 Å². The Kier molecular flexibility index (Phi) is 10.4. The topological polar surface area (TPSA) is 103 Å². The Labute approximate surface area is 238 Å². The minimum atomic E-state index is -0.607. The quantitative estimate of drug-likeness (QED) is 0.101. The number of carbonyl (C=O) groups is 3. The third kappa shape index (κ3) is 8.90. The van der Waals surface area contributed by atoms with E-state index >= 15 is 0 Å². The highest BCUT2D eigenvalue weighted by atomic mass is 16.5. The van der Waals surface area contributed by atoms with Crippen molar-refractivity contribution in [1.29, 1.82) is 0 Å². The number of amides is 1. The summed E-state index contributed by atoms with van der Waals surface area (Å²) in [5.41, 5.74) is 4.71. The van der Waals surface area contributed by atoms with Gasteiger partial charge in [0.1, 0.15) is 17.2 Å². The Bertz CT molecular complexity index is 1490. The number of hydrazone groups is 1. The molecule has 8 nitrogen and oxygen atoms in total. The Morgan fingerprint density at radius 3 is 2.00 bits per heavy atom. The zero-order valence-electron chi connectivity index (χ0n) is 22.6. The van der Waals surface area contributed by atoms with Crippen LogP contribution in [0.5, 0.6) is 17.2 Å². The lowest BCUT2D eigenvalue weighted by Gasteiger charge is -2.11. The molecule has 0 aliphatic heterocycles. The van der Waals surface area contributed by atoms with E-state index in [1.54, 1.807) is 66.7 Å². The molecule has 0 aliphatic carbocycles. The highest BCUT2D eigenvalue weighted by Crippen LogP contribution is 2.26. The second-order valence-corrected chi connectivity index (χ2v) is 9.04. The van der Waals surface area contributed by atoms with Crippen LogP contribution in [-0.4, -0.2) is 30.7 Å². The van der Waals surface area contributed by atoms with Crippen molar-refractivity contribution in [2.24, 2.45) is 5.10 Å². The van der Waals surface area contributed by atoms with Crippen LogP contribution in [0.2, 0.25) is 0 Å². The molecular formula is C33H30N2O6.